The van der Waals surface area contributed by atoms with Crippen molar-refractivity contribution in [3.63, 3.8) is 0 Å². The Morgan fingerprint density at radius 3 is 2.36 bits per heavy atom. The minimum absolute atomic E-state index is 0.132. The van der Waals surface area contributed by atoms with Crippen LogP contribution in [0.4, 0.5) is 0 Å². The summed E-state index contributed by atoms with van der Waals surface area (Å²) in [6.07, 6.45) is 0. The largest absolute Gasteiger partial charge is 0.454 e. The standard InChI is InChI=1S/C28H19ClN6O3S/c1-17(36)27-33-35(21-13-11-19(29)12-14-21)28(39-27)31-30-26(37)22-16-23(34(32-22)20-8-3-2-4-9-20)25-15-18-7-5-6-10-24(18)38-25/h2-16H,1H3,(H,30,37). The second kappa shape index (κ2) is 10.2. The lowest BCUT2D eigenvalue weighted by Gasteiger charge is -2.04. The predicted octanol–water partition coefficient (Wildman–Crippen LogP) is 5.63. The number of para-hydroxylation sites is 2. The van der Waals surface area contributed by atoms with Gasteiger partial charge in [0.1, 0.15) is 11.3 Å². The average Bonchev–Trinajstić information content (AvgIpc) is 3.69. The number of fused-ring (bicyclic) bond motifs is 1. The Hall–Kier alpha value is -4.80. The van der Waals surface area contributed by atoms with Crippen LogP contribution < -0.4 is 10.2 Å². The van der Waals surface area contributed by atoms with Crippen molar-refractivity contribution in [1.82, 2.24) is 25.0 Å². The molecule has 39 heavy (non-hydrogen) atoms. The Morgan fingerprint density at radius 2 is 1.62 bits per heavy atom. The number of amides is 1. The lowest BCUT2D eigenvalue weighted by atomic mass is 10.2. The molecule has 192 valence electrons. The Morgan fingerprint density at radius 1 is 0.897 bits per heavy atom. The fourth-order valence-electron chi connectivity index (χ4n) is 3.94. The Labute approximate surface area is 230 Å². The van der Waals surface area contributed by atoms with Crippen LogP contribution in [-0.2, 0) is 0 Å². The fourth-order valence-corrected chi connectivity index (χ4v) is 4.83. The van der Waals surface area contributed by atoms with Gasteiger partial charge in [0.25, 0.3) is 5.91 Å². The van der Waals surface area contributed by atoms with Gasteiger partial charge in [-0.3, -0.25) is 9.59 Å². The molecule has 6 aromatic rings. The van der Waals surface area contributed by atoms with E-state index in [9.17, 15) is 9.59 Å². The molecular formula is C28H19ClN6O3S. The molecule has 6 rings (SSSR count). The predicted molar refractivity (Wildman–Crippen MR) is 148 cm³/mol. The molecule has 0 unspecified atom stereocenters. The van der Waals surface area contributed by atoms with E-state index in [1.165, 1.54) is 11.6 Å². The average molecular weight is 555 g/mol. The third-order valence-electron chi connectivity index (χ3n) is 5.81. The zero-order valence-corrected chi connectivity index (χ0v) is 22.0. The lowest BCUT2D eigenvalue weighted by Crippen LogP contribution is -2.24. The number of carbonyl (C=O) groups excluding carboxylic acids is 2. The van der Waals surface area contributed by atoms with Gasteiger partial charge >= 0.3 is 0 Å². The number of Topliss-reactive ketones (excluding diaryl/α,β-unsaturated/α-hetero) is 1. The first-order valence-electron chi connectivity index (χ1n) is 11.8. The quantitative estimate of drug-likeness (QED) is 0.212. The van der Waals surface area contributed by atoms with Crippen LogP contribution in [-0.4, -0.2) is 31.3 Å². The number of carbonyl (C=O) groups is 2. The first kappa shape index (κ1) is 24.5. The maximum atomic E-state index is 13.2. The minimum atomic E-state index is -0.539. The molecule has 0 fully saturated rings. The molecule has 11 heteroatoms. The summed E-state index contributed by atoms with van der Waals surface area (Å²) >= 11 is 7.07. The van der Waals surface area contributed by atoms with Gasteiger partial charge in [-0.25, -0.2) is 14.8 Å². The number of hydrogen-bond donors (Lipinski definition) is 1. The van der Waals surface area contributed by atoms with Crippen LogP contribution in [0.15, 0.2) is 101 Å². The molecule has 3 aromatic carbocycles. The van der Waals surface area contributed by atoms with Gasteiger partial charge in [-0.15, -0.1) is 5.10 Å². The van der Waals surface area contributed by atoms with Crippen LogP contribution in [0.5, 0.6) is 0 Å². The number of benzene rings is 3. The number of nitrogens with zero attached hydrogens (tertiary/aromatic N) is 5. The zero-order chi connectivity index (χ0) is 26.9. The highest BCUT2D eigenvalue weighted by Gasteiger charge is 2.20. The zero-order valence-electron chi connectivity index (χ0n) is 20.4. The number of aromatic nitrogens is 4. The molecule has 1 N–H and O–H groups in total. The first-order valence-corrected chi connectivity index (χ1v) is 13.0. The van der Waals surface area contributed by atoms with Crippen molar-refractivity contribution in [1.29, 1.82) is 0 Å². The molecule has 1 amide bonds. The highest BCUT2D eigenvalue weighted by atomic mass is 35.5. The van der Waals surface area contributed by atoms with Gasteiger partial charge in [-0.05, 0) is 48.5 Å². The molecule has 9 nitrogen and oxygen atoms in total. The third-order valence-corrected chi connectivity index (χ3v) is 7.07. The normalized spacial score (nSPS) is 11.7. The topological polar surface area (TPSA) is 107 Å². The lowest BCUT2D eigenvalue weighted by molar-refractivity contribution is 0.0946. The Balaban J connectivity index is 1.39. The van der Waals surface area contributed by atoms with E-state index in [1.54, 1.807) is 35.0 Å². The van der Waals surface area contributed by atoms with Crippen LogP contribution in [0, 0.1) is 0 Å². The second-order valence-corrected chi connectivity index (χ2v) is 9.89. The Kier molecular flexibility index (Phi) is 6.39. The molecular weight excluding hydrogens is 536 g/mol. The SMILES string of the molecule is CC(=O)c1nn(-c2ccc(Cl)cc2)c(=NNC(=O)c2cc(-c3cc4ccccc4o3)n(-c3ccccc3)n2)s1. The molecule has 0 saturated carbocycles. The van der Waals surface area contributed by atoms with Crippen molar-refractivity contribution in [2.75, 3.05) is 0 Å². The van der Waals surface area contributed by atoms with Crippen LogP contribution >= 0.6 is 22.9 Å². The van der Waals surface area contributed by atoms with E-state index in [0.29, 0.717) is 27.0 Å². The molecule has 0 saturated heterocycles. The monoisotopic (exact) mass is 554 g/mol. The summed E-state index contributed by atoms with van der Waals surface area (Å²) in [5.74, 6) is -0.187. The molecule has 0 aliphatic heterocycles. The van der Waals surface area contributed by atoms with E-state index >= 15 is 0 Å². The highest BCUT2D eigenvalue weighted by molar-refractivity contribution is 7.10. The summed E-state index contributed by atoms with van der Waals surface area (Å²) in [5, 5.41) is 14.9. The van der Waals surface area contributed by atoms with Crippen LogP contribution in [0.3, 0.4) is 0 Å². The number of furan rings is 1. The summed E-state index contributed by atoms with van der Waals surface area (Å²) in [6.45, 7) is 1.42. The van der Waals surface area contributed by atoms with E-state index in [1.807, 2.05) is 60.7 Å². The number of halogens is 1. The van der Waals surface area contributed by atoms with Gasteiger partial charge in [-0.1, -0.05) is 59.3 Å². The second-order valence-electron chi connectivity index (χ2n) is 8.50. The van der Waals surface area contributed by atoms with Crippen LogP contribution in [0.2, 0.25) is 5.02 Å². The van der Waals surface area contributed by atoms with Crippen molar-refractivity contribution in [3.05, 3.63) is 112 Å². The summed E-state index contributed by atoms with van der Waals surface area (Å²) in [7, 11) is 0. The van der Waals surface area contributed by atoms with E-state index in [2.05, 4.69) is 20.7 Å². The van der Waals surface area contributed by atoms with Crippen LogP contribution in [0.25, 0.3) is 33.8 Å². The molecule has 3 aromatic heterocycles. The van der Waals surface area contributed by atoms with Gasteiger partial charge in [0.2, 0.25) is 4.80 Å². The number of rotatable bonds is 6. The number of hydrogen-bond acceptors (Lipinski definition) is 7. The Bertz CT molecular complexity index is 1870. The van der Waals surface area contributed by atoms with E-state index < -0.39 is 5.91 Å². The van der Waals surface area contributed by atoms with Crippen molar-refractivity contribution >= 4 is 45.6 Å². The summed E-state index contributed by atoms with van der Waals surface area (Å²) in [6, 6.07) is 27.6. The molecule has 0 bridgehead atoms. The van der Waals surface area contributed by atoms with Gasteiger partial charge < -0.3 is 4.42 Å². The number of ketones is 1. The van der Waals surface area contributed by atoms with E-state index in [0.717, 1.165) is 28.0 Å². The van der Waals surface area contributed by atoms with Crippen molar-refractivity contribution in [2.24, 2.45) is 5.10 Å². The molecule has 0 spiro atoms. The van der Waals surface area contributed by atoms with E-state index in [4.69, 9.17) is 16.0 Å². The molecule has 0 atom stereocenters. The molecule has 0 aliphatic rings. The summed E-state index contributed by atoms with van der Waals surface area (Å²) in [4.78, 5) is 25.5. The summed E-state index contributed by atoms with van der Waals surface area (Å²) < 4.78 is 9.20. The number of nitrogens with one attached hydrogen (secondary N) is 1. The molecule has 0 radical (unpaired) electrons. The highest BCUT2D eigenvalue weighted by Crippen LogP contribution is 2.30. The van der Waals surface area contributed by atoms with Crippen molar-refractivity contribution in [2.45, 2.75) is 6.92 Å². The van der Waals surface area contributed by atoms with Gasteiger partial charge in [0, 0.05) is 23.4 Å². The third kappa shape index (κ3) is 4.90. The van der Waals surface area contributed by atoms with Gasteiger partial charge in [-0.2, -0.15) is 10.2 Å². The maximum absolute atomic E-state index is 13.2. The summed E-state index contributed by atoms with van der Waals surface area (Å²) in [5.41, 5.74) is 5.42. The fraction of sp³-hybridized carbons (Fsp3) is 0.0357. The molecule has 0 aliphatic carbocycles. The van der Waals surface area contributed by atoms with Crippen molar-refractivity contribution in [3.8, 4) is 22.8 Å². The van der Waals surface area contributed by atoms with Gasteiger partial charge in [0.05, 0.1) is 11.4 Å². The first-order chi connectivity index (χ1) is 19.0. The maximum Gasteiger partial charge on any atom is 0.291 e. The van der Waals surface area contributed by atoms with Gasteiger partial charge in [0.15, 0.2) is 22.2 Å². The van der Waals surface area contributed by atoms with E-state index in [-0.39, 0.29) is 16.5 Å². The smallest absolute Gasteiger partial charge is 0.291 e. The van der Waals surface area contributed by atoms with Crippen molar-refractivity contribution < 1.29 is 14.0 Å². The minimum Gasteiger partial charge on any atom is -0.454 e. The molecule has 3 heterocycles. The van der Waals surface area contributed by atoms with Crippen LogP contribution in [0.1, 0.15) is 27.2 Å².